The van der Waals surface area contributed by atoms with E-state index in [4.69, 9.17) is 17.0 Å². The minimum absolute atomic E-state index is 0.00873. The zero-order chi connectivity index (χ0) is 22.3. The van der Waals surface area contributed by atoms with Crippen molar-refractivity contribution < 1.29 is 14.3 Å². The normalized spacial score (nSPS) is 10.8. The Balaban J connectivity index is 1.78. The SMILES string of the molecule is CCc1ccc(OCC(=O)NC(=S)NNC(=O)c2ccc(C(C)(C)C)cc2)c(Br)c1. The van der Waals surface area contributed by atoms with Crippen molar-refractivity contribution in [3.63, 3.8) is 0 Å². The number of ether oxygens (including phenoxy) is 1. The summed E-state index contributed by atoms with van der Waals surface area (Å²) in [7, 11) is 0. The molecule has 0 aromatic heterocycles. The first-order chi connectivity index (χ1) is 14.1. The second-order valence-electron chi connectivity index (χ2n) is 7.69. The predicted molar refractivity (Wildman–Crippen MR) is 125 cm³/mol. The summed E-state index contributed by atoms with van der Waals surface area (Å²) in [5.74, 6) is -0.237. The Bertz CT molecular complexity index is 924. The molecule has 2 amide bonds. The summed E-state index contributed by atoms with van der Waals surface area (Å²) in [5, 5.41) is 2.43. The van der Waals surface area contributed by atoms with E-state index < -0.39 is 5.91 Å². The van der Waals surface area contributed by atoms with Crippen molar-refractivity contribution in [3.8, 4) is 5.75 Å². The number of amides is 2. The molecule has 0 saturated heterocycles. The molecular formula is C22H26BrN3O3S. The summed E-state index contributed by atoms with van der Waals surface area (Å²) in [6, 6.07) is 13.0. The van der Waals surface area contributed by atoms with Gasteiger partial charge in [-0.1, -0.05) is 45.9 Å². The Labute approximate surface area is 190 Å². The molecule has 6 nitrogen and oxygen atoms in total. The van der Waals surface area contributed by atoms with E-state index >= 15 is 0 Å². The number of hydrazine groups is 1. The molecule has 2 aromatic carbocycles. The zero-order valence-electron chi connectivity index (χ0n) is 17.5. The molecule has 2 rings (SSSR count). The topological polar surface area (TPSA) is 79.5 Å². The maximum atomic E-state index is 12.2. The lowest BCUT2D eigenvalue weighted by molar-refractivity contribution is -0.121. The van der Waals surface area contributed by atoms with Crippen LogP contribution < -0.4 is 20.9 Å². The Morgan fingerprint density at radius 1 is 1.07 bits per heavy atom. The minimum Gasteiger partial charge on any atom is -0.483 e. The third-order valence-electron chi connectivity index (χ3n) is 4.32. The van der Waals surface area contributed by atoms with Gasteiger partial charge in [0.15, 0.2) is 11.7 Å². The Kier molecular flexibility index (Phi) is 8.37. The number of hydrogen-bond donors (Lipinski definition) is 3. The quantitative estimate of drug-likeness (QED) is 0.434. The first kappa shape index (κ1) is 23.8. The van der Waals surface area contributed by atoms with Gasteiger partial charge in [-0.2, -0.15) is 0 Å². The molecule has 0 saturated carbocycles. The molecule has 30 heavy (non-hydrogen) atoms. The van der Waals surface area contributed by atoms with E-state index in [2.05, 4.69) is 59.8 Å². The summed E-state index contributed by atoms with van der Waals surface area (Å²) in [5.41, 5.74) is 7.76. The molecule has 160 valence electrons. The van der Waals surface area contributed by atoms with Crippen LogP contribution >= 0.6 is 28.1 Å². The number of carbonyl (C=O) groups excluding carboxylic acids is 2. The van der Waals surface area contributed by atoms with E-state index in [9.17, 15) is 9.59 Å². The average molecular weight is 492 g/mol. The number of nitrogens with one attached hydrogen (secondary N) is 3. The fourth-order valence-corrected chi connectivity index (χ4v) is 3.23. The molecule has 0 aliphatic heterocycles. The molecule has 8 heteroatoms. The lowest BCUT2D eigenvalue weighted by Gasteiger charge is -2.19. The lowest BCUT2D eigenvalue weighted by Crippen LogP contribution is -2.49. The maximum absolute atomic E-state index is 12.2. The monoisotopic (exact) mass is 491 g/mol. The molecule has 0 spiro atoms. The number of benzene rings is 2. The van der Waals surface area contributed by atoms with Gasteiger partial charge in [-0.3, -0.25) is 25.8 Å². The molecule has 0 aliphatic carbocycles. The van der Waals surface area contributed by atoms with E-state index in [1.807, 2.05) is 24.3 Å². The second kappa shape index (κ2) is 10.5. The van der Waals surface area contributed by atoms with Crippen molar-refractivity contribution in [2.75, 3.05) is 6.61 Å². The smallest absolute Gasteiger partial charge is 0.269 e. The van der Waals surface area contributed by atoms with E-state index in [0.29, 0.717) is 11.3 Å². The predicted octanol–water partition coefficient (Wildman–Crippen LogP) is 4.02. The summed E-state index contributed by atoms with van der Waals surface area (Å²) >= 11 is 8.46. The average Bonchev–Trinajstić information content (AvgIpc) is 2.70. The summed E-state index contributed by atoms with van der Waals surface area (Å²) < 4.78 is 6.28. The third kappa shape index (κ3) is 7.11. The van der Waals surface area contributed by atoms with Crippen LogP contribution in [-0.2, 0) is 16.6 Å². The van der Waals surface area contributed by atoms with Gasteiger partial charge < -0.3 is 4.74 Å². The van der Waals surface area contributed by atoms with Gasteiger partial charge in [0.05, 0.1) is 4.47 Å². The molecule has 0 atom stereocenters. The summed E-state index contributed by atoms with van der Waals surface area (Å²) in [6.45, 7) is 8.16. The highest BCUT2D eigenvalue weighted by Crippen LogP contribution is 2.26. The number of rotatable bonds is 5. The van der Waals surface area contributed by atoms with Gasteiger partial charge in [-0.05, 0) is 75.4 Å². The minimum atomic E-state index is -0.442. The molecule has 0 radical (unpaired) electrons. The fraction of sp³-hybridized carbons (Fsp3) is 0.318. The summed E-state index contributed by atoms with van der Waals surface area (Å²) in [6.07, 6.45) is 0.908. The number of aryl methyl sites for hydroxylation is 1. The summed E-state index contributed by atoms with van der Waals surface area (Å²) in [4.78, 5) is 24.2. The highest BCUT2D eigenvalue weighted by Gasteiger charge is 2.14. The number of thiocarbonyl (C=S) groups is 1. The number of halogens is 1. The molecule has 0 heterocycles. The van der Waals surface area contributed by atoms with Crippen LogP contribution in [0.1, 0.15) is 49.2 Å². The van der Waals surface area contributed by atoms with Gasteiger partial charge >= 0.3 is 0 Å². The van der Waals surface area contributed by atoms with Gasteiger partial charge in [0.2, 0.25) is 0 Å². The van der Waals surface area contributed by atoms with Crippen LogP contribution in [0.2, 0.25) is 0 Å². The van der Waals surface area contributed by atoms with Crippen molar-refractivity contribution in [2.24, 2.45) is 0 Å². The van der Waals surface area contributed by atoms with Crippen LogP contribution in [0.5, 0.6) is 5.75 Å². The van der Waals surface area contributed by atoms with Crippen LogP contribution in [-0.4, -0.2) is 23.5 Å². The number of carbonyl (C=O) groups is 2. The molecule has 2 aromatic rings. The van der Waals surface area contributed by atoms with Gasteiger partial charge in [0, 0.05) is 5.56 Å². The Morgan fingerprint density at radius 3 is 2.30 bits per heavy atom. The van der Waals surface area contributed by atoms with Crippen molar-refractivity contribution in [2.45, 2.75) is 39.5 Å². The van der Waals surface area contributed by atoms with Crippen molar-refractivity contribution in [1.82, 2.24) is 16.2 Å². The fourth-order valence-electron chi connectivity index (χ4n) is 2.53. The van der Waals surface area contributed by atoms with Gasteiger partial charge in [-0.25, -0.2) is 0 Å². The molecule has 0 fully saturated rings. The van der Waals surface area contributed by atoms with Gasteiger partial charge in [0.25, 0.3) is 11.8 Å². The molecular weight excluding hydrogens is 466 g/mol. The van der Waals surface area contributed by atoms with E-state index in [1.54, 1.807) is 18.2 Å². The first-order valence-corrected chi connectivity index (χ1v) is 10.7. The number of hydrogen-bond acceptors (Lipinski definition) is 4. The standard InChI is InChI=1S/C22H26BrN3O3S/c1-5-14-6-11-18(17(23)12-14)29-13-19(27)24-21(30)26-25-20(28)15-7-9-16(10-8-15)22(2,3)4/h6-12H,5,13H2,1-4H3,(H,25,28)(H2,24,26,27,30). The molecule has 3 N–H and O–H groups in total. The zero-order valence-corrected chi connectivity index (χ0v) is 19.9. The first-order valence-electron chi connectivity index (χ1n) is 9.52. The Hall–Kier alpha value is -2.45. The Morgan fingerprint density at radius 2 is 1.73 bits per heavy atom. The molecule has 0 unspecified atom stereocenters. The van der Waals surface area contributed by atoms with Crippen LogP contribution in [0.25, 0.3) is 0 Å². The lowest BCUT2D eigenvalue weighted by atomic mass is 9.87. The van der Waals surface area contributed by atoms with Crippen LogP contribution in [0, 0.1) is 0 Å². The highest BCUT2D eigenvalue weighted by atomic mass is 79.9. The van der Waals surface area contributed by atoms with Crippen molar-refractivity contribution in [3.05, 3.63) is 63.6 Å². The van der Waals surface area contributed by atoms with E-state index in [0.717, 1.165) is 22.0 Å². The van der Waals surface area contributed by atoms with Crippen LogP contribution in [0.15, 0.2) is 46.9 Å². The van der Waals surface area contributed by atoms with E-state index in [-0.39, 0.29) is 23.0 Å². The largest absolute Gasteiger partial charge is 0.483 e. The van der Waals surface area contributed by atoms with Gasteiger partial charge in [-0.15, -0.1) is 0 Å². The van der Waals surface area contributed by atoms with Crippen LogP contribution in [0.3, 0.4) is 0 Å². The second-order valence-corrected chi connectivity index (χ2v) is 8.95. The van der Waals surface area contributed by atoms with Crippen LogP contribution in [0.4, 0.5) is 0 Å². The molecule has 0 bridgehead atoms. The highest BCUT2D eigenvalue weighted by molar-refractivity contribution is 9.10. The maximum Gasteiger partial charge on any atom is 0.269 e. The van der Waals surface area contributed by atoms with Gasteiger partial charge in [0.1, 0.15) is 5.75 Å². The van der Waals surface area contributed by atoms with Crippen molar-refractivity contribution in [1.29, 1.82) is 0 Å². The van der Waals surface area contributed by atoms with E-state index in [1.165, 1.54) is 0 Å². The third-order valence-corrected chi connectivity index (χ3v) is 5.14. The van der Waals surface area contributed by atoms with Crippen molar-refractivity contribution >= 4 is 45.1 Å². The molecule has 0 aliphatic rings.